The van der Waals surface area contributed by atoms with Gasteiger partial charge in [0.1, 0.15) is 11.0 Å². The van der Waals surface area contributed by atoms with Gasteiger partial charge >= 0.3 is 0 Å². The van der Waals surface area contributed by atoms with Crippen LogP contribution in [0.2, 0.25) is 5.15 Å². The molecule has 0 aliphatic carbocycles. The Morgan fingerprint density at radius 1 is 1.45 bits per heavy atom. The van der Waals surface area contributed by atoms with E-state index in [4.69, 9.17) is 17.3 Å². The molecule has 1 atom stereocenters. The highest BCUT2D eigenvalue weighted by molar-refractivity contribution is 6.32. The normalized spacial score (nSPS) is 11.9. The van der Waals surface area contributed by atoms with Crippen molar-refractivity contribution < 1.29 is 9.18 Å². The topological polar surface area (TPSA) is 68.0 Å². The molecule has 2 aromatic rings. The minimum atomic E-state index is -0.411. The molecule has 6 heteroatoms. The van der Waals surface area contributed by atoms with Crippen molar-refractivity contribution in [1.29, 1.82) is 0 Å². The van der Waals surface area contributed by atoms with E-state index in [1.807, 2.05) is 0 Å². The smallest absolute Gasteiger partial charge is 0.254 e. The number of aromatic nitrogens is 1. The van der Waals surface area contributed by atoms with Crippen LogP contribution in [0.4, 0.5) is 10.1 Å². The molecule has 20 heavy (non-hydrogen) atoms. The molecule has 0 bridgehead atoms. The van der Waals surface area contributed by atoms with E-state index in [1.165, 1.54) is 24.4 Å². The van der Waals surface area contributed by atoms with Crippen molar-refractivity contribution in [3.05, 3.63) is 58.6 Å². The van der Waals surface area contributed by atoms with E-state index in [0.717, 1.165) is 0 Å². The number of benzene rings is 1. The fourth-order valence-electron chi connectivity index (χ4n) is 1.76. The molecular weight excluding hydrogens is 281 g/mol. The van der Waals surface area contributed by atoms with Gasteiger partial charge in [-0.25, -0.2) is 9.37 Å². The van der Waals surface area contributed by atoms with Gasteiger partial charge in [-0.05, 0) is 30.7 Å². The Hall–Kier alpha value is -2.14. The molecule has 3 N–H and O–H groups in total. The number of pyridine rings is 1. The molecular formula is C14H13ClFN3O. The van der Waals surface area contributed by atoms with Gasteiger partial charge in [-0.2, -0.15) is 0 Å². The number of hydrogen-bond acceptors (Lipinski definition) is 3. The van der Waals surface area contributed by atoms with Crippen molar-refractivity contribution in [2.24, 2.45) is 0 Å². The first-order valence-corrected chi connectivity index (χ1v) is 6.32. The van der Waals surface area contributed by atoms with Crippen molar-refractivity contribution in [3.8, 4) is 0 Å². The number of anilines is 1. The van der Waals surface area contributed by atoms with Crippen molar-refractivity contribution in [2.45, 2.75) is 13.0 Å². The van der Waals surface area contributed by atoms with Gasteiger partial charge < -0.3 is 11.1 Å². The van der Waals surface area contributed by atoms with Gasteiger partial charge in [0.25, 0.3) is 5.91 Å². The van der Waals surface area contributed by atoms with Gasteiger partial charge in [-0.1, -0.05) is 23.7 Å². The summed E-state index contributed by atoms with van der Waals surface area (Å²) in [4.78, 5) is 15.9. The van der Waals surface area contributed by atoms with E-state index >= 15 is 0 Å². The molecule has 0 saturated heterocycles. The second-order valence-electron chi connectivity index (χ2n) is 4.36. The van der Waals surface area contributed by atoms with Gasteiger partial charge in [-0.3, -0.25) is 4.79 Å². The molecule has 1 aromatic carbocycles. The Balaban J connectivity index is 2.17. The number of nitrogens with zero attached hydrogens (tertiary/aromatic N) is 1. The number of halogens is 2. The summed E-state index contributed by atoms with van der Waals surface area (Å²) in [5, 5.41) is 2.79. The first-order chi connectivity index (χ1) is 9.47. The second kappa shape index (κ2) is 5.88. The number of nitrogen functional groups attached to an aromatic ring is 1. The SMILES string of the molecule is CC(NC(=O)c1cc(N)cnc1Cl)c1cccc(F)c1. The Labute approximate surface area is 120 Å². The highest BCUT2D eigenvalue weighted by Gasteiger charge is 2.15. The zero-order valence-electron chi connectivity index (χ0n) is 10.7. The third-order valence-electron chi connectivity index (χ3n) is 2.80. The number of nitrogens with one attached hydrogen (secondary N) is 1. The number of carbonyl (C=O) groups excluding carboxylic acids is 1. The number of carbonyl (C=O) groups is 1. The molecule has 0 fully saturated rings. The minimum absolute atomic E-state index is 0.0724. The van der Waals surface area contributed by atoms with Crippen LogP contribution in [-0.4, -0.2) is 10.9 Å². The maximum absolute atomic E-state index is 13.1. The summed E-state index contributed by atoms with van der Waals surface area (Å²) in [7, 11) is 0. The van der Waals surface area contributed by atoms with Crippen LogP contribution in [-0.2, 0) is 0 Å². The summed E-state index contributed by atoms with van der Waals surface area (Å²) >= 11 is 5.86. The molecule has 1 unspecified atom stereocenters. The van der Waals surface area contributed by atoms with Crippen LogP contribution >= 0.6 is 11.6 Å². The average molecular weight is 294 g/mol. The minimum Gasteiger partial charge on any atom is -0.397 e. The summed E-state index contributed by atoms with van der Waals surface area (Å²) < 4.78 is 13.1. The van der Waals surface area contributed by atoms with E-state index < -0.39 is 5.91 Å². The lowest BCUT2D eigenvalue weighted by molar-refractivity contribution is 0.0939. The standard InChI is InChI=1S/C14H13ClFN3O/c1-8(9-3-2-4-10(16)5-9)19-14(20)12-6-11(17)7-18-13(12)15/h2-8H,17H2,1H3,(H,19,20). The average Bonchev–Trinajstić information content (AvgIpc) is 2.41. The van der Waals surface area contributed by atoms with Gasteiger partial charge in [0.2, 0.25) is 0 Å². The molecule has 0 aliphatic heterocycles. The highest BCUT2D eigenvalue weighted by atomic mass is 35.5. The van der Waals surface area contributed by atoms with Crippen molar-refractivity contribution in [3.63, 3.8) is 0 Å². The van der Waals surface area contributed by atoms with Gasteiger partial charge in [0, 0.05) is 0 Å². The lowest BCUT2D eigenvalue weighted by Gasteiger charge is -2.15. The third-order valence-corrected chi connectivity index (χ3v) is 3.10. The van der Waals surface area contributed by atoms with E-state index in [-0.39, 0.29) is 22.6 Å². The summed E-state index contributed by atoms with van der Waals surface area (Å²) in [5.74, 6) is -0.765. The quantitative estimate of drug-likeness (QED) is 0.855. The van der Waals surface area contributed by atoms with E-state index in [0.29, 0.717) is 11.3 Å². The van der Waals surface area contributed by atoms with Crippen LogP contribution in [0.15, 0.2) is 36.5 Å². The molecule has 0 radical (unpaired) electrons. The largest absolute Gasteiger partial charge is 0.397 e. The summed E-state index contributed by atoms with van der Waals surface area (Å²) in [6, 6.07) is 7.11. The number of rotatable bonds is 3. The summed E-state index contributed by atoms with van der Waals surface area (Å²) in [5.41, 5.74) is 6.77. The predicted octanol–water partition coefficient (Wildman–Crippen LogP) is 2.95. The zero-order chi connectivity index (χ0) is 14.7. The maximum Gasteiger partial charge on any atom is 0.254 e. The fraction of sp³-hybridized carbons (Fsp3) is 0.143. The van der Waals surface area contributed by atoms with Gasteiger partial charge in [0.15, 0.2) is 0 Å². The Bertz CT molecular complexity index is 648. The highest BCUT2D eigenvalue weighted by Crippen LogP contribution is 2.18. The second-order valence-corrected chi connectivity index (χ2v) is 4.72. The first-order valence-electron chi connectivity index (χ1n) is 5.94. The lowest BCUT2D eigenvalue weighted by atomic mass is 10.1. The molecule has 4 nitrogen and oxygen atoms in total. The molecule has 1 aromatic heterocycles. The van der Waals surface area contributed by atoms with E-state index in [9.17, 15) is 9.18 Å². The third kappa shape index (κ3) is 3.24. The summed E-state index contributed by atoms with van der Waals surface area (Å²) in [6.07, 6.45) is 1.37. The van der Waals surface area contributed by atoms with E-state index in [2.05, 4.69) is 10.3 Å². The molecule has 1 amide bonds. The molecule has 1 heterocycles. The Morgan fingerprint density at radius 2 is 2.20 bits per heavy atom. The monoisotopic (exact) mass is 293 g/mol. The fourth-order valence-corrected chi connectivity index (χ4v) is 1.95. The molecule has 0 saturated carbocycles. The van der Waals surface area contributed by atoms with Crippen LogP contribution in [0.5, 0.6) is 0 Å². The Morgan fingerprint density at radius 3 is 2.90 bits per heavy atom. The number of nitrogens with two attached hydrogens (primary N) is 1. The predicted molar refractivity (Wildman–Crippen MR) is 75.9 cm³/mol. The first kappa shape index (κ1) is 14.3. The van der Waals surface area contributed by atoms with Crippen molar-refractivity contribution >= 4 is 23.2 Å². The van der Waals surface area contributed by atoms with Crippen molar-refractivity contribution in [2.75, 3.05) is 5.73 Å². The molecule has 0 spiro atoms. The molecule has 104 valence electrons. The zero-order valence-corrected chi connectivity index (χ0v) is 11.5. The van der Waals surface area contributed by atoms with Crippen LogP contribution in [0.1, 0.15) is 28.9 Å². The van der Waals surface area contributed by atoms with Gasteiger partial charge in [-0.15, -0.1) is 0 Å². The lowest BCUT2D eigenvalue weighted by Crippen LogP contribution is -2.27. The summed E-state index contributed by atoms with van der Waals surface area (Å²) in [6.45, 7) is 1.75. The van der Waals surface area contributed by atoms with Crippen molar-refractivity contribution in [1.82, 2.24) is 10.3 Å². The number of amides is 1. The maximum atomic E-state index is 13.1. The Kier molecular flexibility index (Phi) is 4.20. The van der Waals surface area contributed by atoms with Crippen LogP contribution in [0.3, 0.4) is 0 Å². The van der Waals surface area contributed by atoms with Crippen LogP contribution < -0.4 is 11.1 Å². The van der Waals surface area contributed by atoms with Crippen LogP contribution in [0, 0.1) is 5.82 Å². The number of hydrogen-bond donors (Lipinski definition) is 2. The van der Waals surface area contributed by atoms with E-state index in [1.54, 1.807) is 19.1 Å². The molecule has 2 rings (SSSR count). The van der Waals surface area contributed by atoms with Gasteiger partial charge in [0.05, 0.1) is 23.5 Å². The van der Waals surface area contributed by atoms with Crippen LogP contribution in [0.25, 0.3) is 0 Å². The molecule has 0 aliphatic rings.